The molecular formula is C18H23NO2. The van der Waals surface area contributed by atoms with Crippen molar-refractivity contribution in [2.45, 2.75) is 32.9 Å². The first-order chi connectivity index (χ1) is 10.1. The highest BCUT2D eigenvalue weighted by atomic mass is 16.5. The number of aromatic hydroxyl groups is 1. The van der Waals surface area contributed by atoms with Gasteiger partial charge in [-0.2, -0.15) is 0 Å². The van der Waals surface area contributed by atoms with E-state index >= 15 is 0 Å². The smallest absolute Gasteiger partial charge is 0.120 e. The van der Waals surface area contributed by atoms with Crippen molar-refractivity contribution in [1.82, 2.24) is 5.32 Å². The summed E-state index contributed by atoms with van der Waals surface area (Å²) in [6, 6.07) is 14.1. The fourth-order valence-electron chi connectivity index (χ4n) is 2.36. The summed E-state index contributed by atoms with van der Waals surface area (Å²) in [6.07, 6.45) is 0.970. The number of nitrogens with one attached hydrogen (secondary N) is 1. The lowest BCUT2D eigenvalue weighted by molar-refractivity contribution is 0.409. The number of hydrogen-bond donors (Lipinski definition) is 2. The van der Waals surface area contributed by atoms with Crippen LogP contribution in [0.25, 0.3) is 0 Å². The zero-order valence-corrected chi connectivity index (χ0v) is 12.9. The van der Waals surface area contributed by atoms with Gasteiger partial charge in [0.05, 0.1) is 7.11 Å². The van der Waals surface area contributed by atoms with Gasteiger partial charge in [-0.15, -0.1) is 0 Å². The zero-order valence-electron chi connectivity index (χ0n) is 12.9. The van der Waals surface area contributed by atoms with E-state index in [1.165, 1.54) is 11.1 Å². The third-order valence-corrected chi connectivity index (χ3v) is 3.71. The highest BCUT2D eigenvalue weighted by Gasteiger charge is 2.08. The standard InChI is InChI=1S/C18H23NO2/c1-13-6-4-5-7-15(13)10-14(2)19-12-16-11-17(21-3)8-9-18(16)20/h4-9,11,14,19-20H,10,12H2,1-3H3. The van der Waals surface area contributed by atoms with E-state index in [1.54, 1.807) is 19.2 Å². The lowest BCUT2D eigenvalue weighted by atomic mass is 10.0. The molecule has 112 valence electrons. The van der Waals surface area contributed by atoms with E-state index < -0.39 is 0 Å². The molecule has 0 radical (unpaired) electrons. The van der Waals surface area contributed by atoms with E-state index in [0.29, 0.717) is 18.3 Å². The molecule has 0 saturated heterocycles. The number of methoxy groups -OCH3 is 1. The van der Waals surface area contributed by atoms with Gasteiger partial charge in [-0.3, -0.25) is 0 Å². The lowest BCUT2D eigenvalue weighted by Gasteiger charge is -2.16. The molecule has 0 aliphatic rings. The Morgan fingerprint density at radius 2 is 1.90 bits per heavy atom. The monoisotopic (exact) mass is 285 g/mol. The Labute approximate surface area is 126 Å². The summed E-state index contributed by atoms with van der Waals surface area (Å²) in [5.74, 6) is 1.06. The minimum Gasteiger partial charge on any atom is -0.508 e. The summed E-state index contributed by atoms with van der Waals surface area (Å²) in [5, 5.41) is 13.3. The second kappa shape index (κ2) is 7.14. The Balaban J connectivity index is 1.95. The highest BCUT2D eigenvalue weighted by molar-refractivity contribution is 5.39. The predicted octanol–water partition coefficient (Wildman–Crippen LogP) is 3.43. The lowest BCUT2D eigenvalue weighted by Crippen LogP contribution is -2.27. The van der Waals surface area contributed by atoms with Gasteiger partial charge in [0.25, 0.3) is 0 Å². The van der Waals surface area contributed by atoms with Gasteiger partial charge in [0.15, 0.2) is 0 Å². The summed E-state index contributed by atoms with van der Waals surface area (Å²) in [4.78, 5) is 0. The molecule has 3 nitrogen and oxygen atoms in total. The highest BCUT2D eigenvalue weighted by Crippen LogP contribution is 2.22. The van der Waals surface area contributed by atoms with Crippen molar-refractivity contribution >= 4 is 0 Å². The van der Waals surface area contributed by atoms with Crippen LogP contribution in [0.2, 0.25) is 0 Å². The number of aryl methyl sites for hydroxylation is 1. The molecule has 2 N–H and O–H groups in total. The van der Waals surface area contributed by atoms with Crippen molar-refractivity contribution in [2.24, 2.45) is 0 Å². The Morgan fingerprint density at radius 1 is 1.14 bits per heavy atom. The van der Waals surface area contributed by atoms with Crippen LogP contribution in [-0.4, -0.2) is 18.3 Å². The van der Waals surface area contributed by atoms with Gasteiger partial charge < -0.3 is 15.2 Å². The van der Waals surface area contributed by atoms with Crippen molar-refractivity contribution in [3.8, 4) is 11.5 Å². The SMILES string of the molecule is COc1ccc(O)c(CNC(C)Cc2ccccc2C)c1. The van der Waals surface area contributed by atoms with E-state index in [2.05, 4.69) is 43.4 Å². The number of ether oxygens (including phenoxy) is 1. The van der Waals surface area contributed by atoms with Gasteiger partial charge >= 0.3 is 0 Å². The van der Waals surface area contributed by atoms with Crippen LogP contribution in [0.5, 0.6) is 11.5 Å². The molecule has 0 fully saturated rings. The number of benzene rings is 2. The molecule has 0 spiro atoms. The average molecular weight is 285 g/mol. The van der Waals surface area contributed by atoms with Crippen LogP contribution in [0.4, 0.5) is 0 Å². The summed E-state index contributed by atoms with van der Waals surface area (Å²) in [5.41, 5.74) is 3.52. The van der Waals surface area contributed by atoms with E-state index in [4.69, 9.17) is 4.74 Å². The van der Waals surface area contributed by atoms with Gasteiger partial charge in [0.1, 0.15) is 11.5 Å². The van der Waals surface area contributed by atoms with Crippen LogP contribution in [0.1, 0.15) is 23.6 Å². The molecule has 1 unspecified atom stereocenters. The molecule has 0 bridgehead atoms. The predicted molar refractivity (Wildman–Crippen MR) is 85.8 cm³/mol. The minimum atomic E-state index is 0.298. The van der Waals surface area contributed by atoms with E-state index in [-0.39, 0.29) is 0 Å². The third kappa shape index (κ3) is 4.23. The Bertz CT molecular complexity index is 596. The largest absolute Gasteiger partial charge is 0.508 e. The Kier molecular flexibility index (Phi) is 5.23. The number of rotatable bonds is 6. The number of phenolic OH excluding ortho intramolecular Hbond substituents is 1. The second-order valence-electron chi connectivity index (χ2n) is 5.41. The molecule has 0 saturated carbocycles. The minimum absolute atomic E-state index is 0.298. The maximum absolute atomic E-state index is 9.88. The third-order valence-electron chi connectivity index (χ3n) is 3.71. The van der Waals surface area contributed by atoms with Crippen LogP contribution in [-0.2, 0) is 13.0 Å². The van der Waals surface area contributed by atoms with Crippen LogP contribution >= 0.6 is 0 Å². The van der Waals surface area contributed by atoms with E-state index in [0.717, 1.165) is 17.7 Å². The van der Waals surface area contributed by atoms with Gasteiger partial charge in [-0.05, 0) is 49.6 Å². The molecule has 0 aromatic heterocycles. The maximum Gasteiger partial charge on any atom is 0.120 e. The molecule has 2 aromatic carbocycles. The fourth-order valence-corrected chi connectivity index (χ4v) is 2.36. The van der Waals surface area contributed by atoms with E-state index in [9.17, 15) is 5.11 Å². The summed E-state index contributed by atoms with van der Waals surface area (Å²) < 4.78 is 5.19. The Morgan fingerprint density at radius 3 is 2.62 bits per heavy atom. The molecule has 0 amide bonds. The topological polar surface area (TPSA) is 41.5 Å². The molecule has 0 aliphatic carbocycles. The zero-order chi connectivity index (χ0) is 15.2. The molecule has 21 heavy (non-hydrogen) atoms. The Hall–Kier alpha value is -2.00. The van der Waals surface area contributed by atoms with Gasteiger partial charge in [0.2, 0.25) is 0 Å². The first kappa shape index (κ1) is 15.4. The van der Waals surface area contributed by atoms with Gasteiger partial charge in [0, 0.05) is 18.2 Å². The van der Waals surface area contributed by atoms with Crippen LogP contribution in [0, 0.1) is 6.92 Å². The quantitative estimate of drug-likeness (QED) is 0.854. The first-order valence-corrected chi connectivity index (χ1v) is 7.24. The molecule has 2 aromatic rings. The normalized spacial score (nSPS) is 12.1. The fraction of sp³-hybridized carbons (Fsp3) is 0.333. The first-order valence-electron chi connectivity index (χ1n) is 7.24. The molecule has 0 aliphatic heterocycles. The van der Waals surface area contributed by atoms with E-state index in [1.807, 2.05) is 6.07 Å². The molecule has 2 rings (SSSR count). The molecular weight excluding hydrogens is 262 g/mol. The maximum atomic E-state index is 9.88. The molecule has 0 heterocycles. The summed E-state index contributed by atoms with van der Waals surface area (Å²) in [7, 11) is 1.63. The molecule has 1 atom stereocenters. The average Bonchev–Trinajstić information content (AvgIpc) is 2.49. The second-order valence-corrected chi connectivity index (χ2v) is 5.41. The number of hydrogen-bond acceptors (Lipinski definition) is 3. The van der Waals surface area contributed by atoms with Gasteiger partial charge in [-0.25, -0.2) is 0 Å². The van der Waals surface area contributed by atoms with Crippen LogP contribution < -0.4 is 10.1 Å². The van der Waals surface area contributed by atoms with Gasteiger partial charge in [-0.1, -0.05) is 24.3 Å². The van der Waals surface area contributed by atoms with Crippen molar-refractivity contribution in [1.29, 1.82) is 0 Å². The van der Waals surface area contributed by atoms with Crippen molar-refractivity contribution in [2.75, 3.05) is 7.11 Å². The summed E-state index contributed by atoms with van der Waals surface area (Å²) >= 11 is 0. The van der Waals surface area contributed by atoms with Crippen molar-refractivity contribution < 1.29 is 9.84 Å². The van der Waals surface area contributed by atoms with Crippen LogP contribution in [0.15, 0.2) is 42.5 Å². The van der Waals surface area contributed by atoms with Crippen molar-refractivity contribution in [3.05, 3.63) is 59.2 Å². The van der Waals surface area contributed by atoms with Crippen LogP contribution in [0.3, 0.4) is 0 Å². The number of phenols is 1. The summed E-state index contributed by atoms with van der Waals surface area (Å²) in [6.45, 7) is 4.91. The van der Waals surface area contributed by atoms with Crippen molar-refractivity contribution in [3.63, 3.8) is 0 Å². The molecule has 3 heteroatoms.